The van der Waals surface area contributed by atoms with Crippen LogP contribution in [0, 0.1) is 0 Å². The number of carbonyl (C=O) groups excluding carboxylic acids is 1. The zero-order valence-electron chi connectivity index (χ0n) is 9.57. The minimum atomic E-state index is 0.0624. The van der Waals surface area contributed by atoms with Gasteiger partial charge in [0.25, 0.3) is 0 Å². The monoisotopic (exact) mass is 222 g/mol. The van der Waals surface area contributed by atoms with Crippen molar-refractivity contribution in [2.45, 2.75) is 37.2 Å². The van der Waals surface area contributed by atoms with Crippen molar-refractivity contribution >= 4 is 18.0 Å². The van der Waals surface area contributed by atoms with E-state index in [1.807, 2.05) is 18.2 Å². The topological polar surface area (TPSA) is 17.1 Å². The van der Waals surface area contributed by atoms with E-state index in [-0.39, 0.29) is 10.00 Å². The number of hydrogen-bond donors (Lipinski definition) is 0. The molecule has 0 N–H and O–H groups in total. The van der Waals surface area contributed by atoms with E-state index in [4.69, 9.17) is 0 Å². The lowest BCUT2D eigenvalue weighted by Crippen LogP contribution is -2.18. The summed E-state index contributed by atoms with van der Waals surface area (Å²) in [6, 6.07) is 10.2. The molecule has 0 saturated carbocycles. The Bertz CT molecular complexity index is 300. The predicted molar refractivity (Wildman–Crippen MR) is 67.3 cm³/mol. The van der Waals surface area contributed by atoms with Gasteiger partial charge in [-0.25, -0.2) is 0 Å². The van der Waals surface area contributed by atoms with Crippen molar-refractivity contribution in [3.05, 3.63) is 35.9 Å². The Morgan fingerprint density at radius 2 is 1.87 bits per heavy atom. The third-order valence-electron chi connectivity index (χ3n) is 1.94. The highest BCUT2D eigenvalue weighted by atomic mass is 32.2. The van der Waals surface area contributed by atoms with Gasteiger partial charge in [0.2, 0.25) is 0 Å². The van der Waals surface area contributed by atoms with Crippen LogP contribution in [0.3, 0.4) is 0 Å². The molecule has 2 heteroatoms. The first-order valence-corrected chi connectivity index (χ1v) is 6.06. The predicted octanol–water partition coefficient (Wildman–Crippen LogP) is 3.33. The number of carbonyl (C=O) groups is 1. The van der Waals surface area contributed by atoms with Gasteiger partial charge in [0.1, 0.15) is 6.29 Å². The Balaban J connectivity index is 2.59. The summed E-state index contributed by atoms with van der Waals surface area (Å²) >= 11 is 1.73. The molecule has 0 unspecified atom stereocenters. The van der Waals surface area contributed by atoms with Crippen molar-refractivity contribution in [3.8, 4) is 0 Å². The molecule has 1 aromatic rings. The van der Waals surface area contributed by atoms with Gasteiger partial charge in [-0.15, -0.1) is 11.8 Å². The molecule has 15 heavy (non-hydrogen) atoms. The fraction of sp³-hybridized carbons (Fsp3) is 0.462. The summed E-state index contributed by atoms with van der Waals surface area (Å²) in [4.78, 5) is 11.0. The number of hydrogen-bond acceptors (Lipinski definition) is 2. The Morgan fingerprint density at radius 3 is 2.33 bits per heavy atom. The lowest BCUT2D eigenvalue weighted by molar-refractivity contribution is -0.107. The zero-order chi connectivity index (χ0) is 11.3. The van der Waals surface area contributed by atoms with Crippen LogP contribution in [0.4, 0.5) is 0 Å². The van der Waals surface area contributed by atoms with Gasteiger partial charge in [0, 0.05) is 4.75 Å². The van der Waals surface area contributed by atoms with Gasteiger partial charge in [-0.2, -0.15) is 0 Å². The molecule has 0 saturated heterocycles. The van der Waals surface area contributed by atoms with Gasteiger partial charge in [-0.05, 0) is 12.0 Å². The fourth-order valence-electron chi connectivity index (χ4n) is 1.42. The molecule has 0 aliphatic carbocycles. The molecule has 0 radical (unpaired) electrons. The normalized spacial score (nSPS) is 13.5. The van der Waals surface area contributed by atoms with Crippen LogP contribution in [-0.4, -0.2) is 16.3 Å². The molecule has 0 aliphatic heterocycles. The molecule has 0 fully saturated rings. The van der Waals surface area contributed by atoms with Gasteiger partial charge in [0.15, 0.2) is 0 Å². The van der Waals surface area contributed by atoms with Crippen LogP contribution in [0.1, 0.15) is 26.3 Å². The first-order valence-electron chi connectivity index (χ1n) is 5.18. The fourth-order valence-corrected chi connectivity index (χ4v) is 2.66. The summed E-state index contributed by atoms with van der Waals surface area (Å²) in [5, 5.41) is 0.0624. The quantitative estimate of drug-likeness (QED) is 0.727. The van der Waals surface area contributed by atoms with Gasteiger partial charge >= 0.3 is 0 Å². The van der Waals surface area contributed by atoms with Crippen LogP contribution in [-0.2, 0) is 11.2 Å². The van der Waals surface area contributed by atoms with Crippen LogP contribution in [0.25, 0.3) is 0 Å². The van der Waals surface area contributed by atoms with Crippen LogP contribution in [0.15, 0.2) is 30.3 Å². The SMILES string of the molecule is CC(C)(C)S[C@H](C=O)Cc1ccccc1. The summed E-state index contributed by atoms with van der Waals surface area (Å²) in [6.07, 6.45) is 1.88. The molecule has 1 atom stereocenters. The lowest BCUT2D eigenvalue weighted by Gasteiger charge is -2.22. The number of rotatable bonds is 4. The number of thioether (sulfide) groups is 1. The minimum Gasteiger partial charge on any atom is -0.302 e. The average Bonchev–Trinajstić information content (AvgIpc) is 2.16. The minimum absolute atomic E-state index is 0.0624. The van der Waals surface area contributed by atoms with Crippen LogP contribution in [0.5, 0.6) is 0 Å². The standard InChI is InChI=1S/C13H18OS/c1-13(2,3)15-12(10-14)9-11-7-5-4-6-8-11/h4-8,10,12H,9H2,1-3H3/t12-/m0/s1. The molecular weight excluding hydrogens is 204 g/mol. The zero-order valence-corrected chi connectivity index (χ0v) is 10.4. The van der Waals surface area contributed by atoms with E-state index in [0.717, 1.165) is 12.7 Å². The van der Waals surface area contributed by atoms with Crippen molar-refractivity contribution in [2.75, 3.05) is 0 Å². The molecule has 1 rings (SSSR count). The number of aldehydes is 1. The molecule has 0 amide bonds. The van der Waals surface area contributed by atoms with Crippen molar-refractivity contribution in [2.24, 2.45) is 0 Å². The molecule has 0 heterocycles. The van der Waals surface area contributed by atoms with Crippen molar-refractivity contribution in [1.82, 2.24) is 0 Å². The molecular formula is C13H18OS. The lowest BCUT2D eigenvalue weighted by atomic mass is 10.1. The van der Waals surface area contributed by atoms with E-state index in [0.29, 0.717) is 0 Å². The molecule has 0 bridgehead atoms. The largest absolute Gasteiger partial charge is 0.302 e. The molecule has 0 aromatic heterocycles. The van der Waals surface area contributed by atoms with Crippen molar-refractivity contribution < 1.29 is 4.79 Å². The Labute approximate surface area is 96.3 Å². The second kappa shape index (κ2) is 5.36. The van der Waals surface area contributed by atoms with Gasteiger partial charge in [0.05, 0.1) is 5.25 Å². The summed E-state index contributed by atoms with van der Waals surface area (Å²) in [5.74, 6) is 0. The Hall–Kier alpha value is -0.760. The smallest absolute Gasteiger partial charge is 0.133 e. The van der Waals surface area contributed by atoms with E-state index in [1.54, 1.807) is 11.8 Å². The highest BCUT2D eigenvalue weighted by molar-refractivity contribution is 8.01. The maximum absolute atomic E-state index is 11.0. The van der Waals surface area contributed by atoms with E-state index in [1.165, 1.54) is 5.56 Å². The van der Waals surface area contributed by atoms with E-state index in [9.17, 15) is 4.79 Å². The van der Waals surface area contributed by atoms with Crippen molar-refractivity contribution in [1.29, 1.82) is 0 Å². The number of benzene rings is 1. The maximum atomic E-state index is 11.0. The first-order chi connectivity index (χ1) is 7.01. The first kappa shape index (κ1) is 12.3. The Morgan fingerprint density at radius 1 is 1.27 bits per heavy atom. The van der Waals surface area contributed by atoms with Crippen LogP contribution >= 0.6 is 11.8 Å². The molecule has 1 aromatic carbocycles. The van der Waals surface area contributed by atoms with E-state index < -0.39 is 0 Å². The van der Waals surface area contributed by atoms with Crippen LogP contribution in [0.2, 0.25) is 0 Å². The third kappa shape index (κ3) is 5.03. The second-order valence-electron chi connectivity index (χ2n) is 4.59. The third-order valence-corrected chi connectivity index (χ3v) is 3.22. The molecule has 82 valence electrons. The summed E-state index contributed by atoms with van der Waals surface area (Å²) in [6.45, 7) is 6.41. The summed E-state index contributed by atoms with van der Waals surface area (Å²) < 4.78 is 0.139. The molecule has 1 nitrogen and oxygen atoms in total. The van der Waals surface area contributed by atoms with E-state index >= 15 is 0 Å². The van der Waals surface area contributed by atoms with Gasteiger partial charge < -0.3 is 4.79 Å². The van der Waals surface area contributed by atoms with E-state index in [2.05, 4.69) is 32.9 Å². The Kier molecular flexibility index (Phi) is 4.40. The molecule has 0 spiro atoms. The highest BCUT2D eigenvalue weighted by Crippen LogP contribution is 2.28. The summed E-state index contributed by atoms with van der Waals surface area (Å²) in [5.41, 5.74) is 1.23. The second-order valence-corrected chi connectivity index (χ2v) is 6.66. The van der Waals surface area contributed by atoms with Crippen molar-refractivity contribution in [3.63, 3.8) is 0 Å². The average molecular weight is 222 g/mol. The maximum Gasteiger partial charge on any atom is 0.133 e. The summed E-state index contributed by atoms with van der Waals surface area (Å²) in [7, 11) is 0. The highest BCUT2D eigenvalue weighted by Gasteiger charge is 2.18. The van der Waals surface area contributed by atoms with Gasteiger partial charge in [-0.3, -0.25) is 0 Å². The molecule has 0 aliphatic rings. The van der Waals surface area contributed by atoms with Crippen LogP contribution < -0.4 is 0 Å². The van der Waals surface area contributed by atoms with Gasteiger partial charge in [-0.1, -0.05) is 51.1 Å².